The molecule has 1 saturated heterocycles. The van der Waals surface area contributed by atoms with E-state index in [9.17, 15) is 4.79 Å². The zero-order valence-electron chi connectivity index (χ0n) is 17.6. The van der Waals surface area contributed by atoms with E-state index in [0.29, 0.717) is 30.0 Å². The fraction of sp³-hybridized carbons (Fsp3) is 0.550. The van der Waals surface area contributed by atoms with Crippen LogP contribution in [-0.2, 0) is 15.2 Å². The molecule has 3 rings (SSSR count). The molecule has 1 fully saturated rings. The molecule has 2 aromatic rings. The Balaban J connectivity index is 1.78. The molecule has 0 spiro atoms. The molecule has 0 aromatic carbocycles. The van der Waals surface area contributed by atoms with Crippen molar-refractivity contribution in [2.75, 3.05) is 36.5 Å². The average molecular weight is 421 g/mol. The van der Waals surface area contributed by atoms with Crippen LogP contribution in [0, 0.1) is 13.8 Å². The summed E-state index contributed by atoms with van der Waals surface area (Å²) in [6.07, 6.45) is -0.526. The van der Waals surface area contributed by atoms with Gasteiger partial charge in [-0.05, 0) is 40.7 Å². The molecule has 0 unspecified atom stereocenters. The van der Waals surface area contributed by atoms with Gasteiger partial charge in [0.2, 0.25) is 0 Å². The first kappa shape index (κ1) is 21.4. The van der Waals surface area contributed by atoms with Gasteiger partial charge < -0.3 is 18.8 Å². The Morgan fingerprint density at radius 3 is 2.59 bits per heavy atom. The molecule has 9 heteroatoms. The van der Waals surface area contributed by atoms with Crippen LogP contribution >= 0.6 is 11.8 Å². The molecule has 1 aliphatic rings. The summed E-state index contributed by atoms with van der Waals surface area (Å²) in [6.45, 7) is 12.2. The molecule has 0 saturated carbocycles. The summed E-state index contributed by atoms with van der Waals surface area (Å²) in [5, 5.41) is 3.36. The van der Waals surface area contributed by atoms with Gasteiger partial charge in [-0.15, -0.1) is 0 Å². The molecule has 158 valence electrons. The number of carbonyl (C=O) groups is 1. The molecule has 0 atom stereocenters. The highest BCUT2D eigenvalue weighted by molar-refractivity contribution is 7.98. The molecular weight excluding hydrogens is 392 g/mol. The Kier molecular flexibility index (Phi) is 6.69. The van der Waals surface area contributed by atoms with Crippen molar-refractivity contribution in [3.63, 3.8) is 0 Å². The number of aryl methyl sites for hydroxylation is 2. The van der Waals surface area contributed by atoms with Gasteiger partial charge in [-0.1, -0.05) is 11.8 Å². The fourth-order valence-corrected chi connectivity index (χ4v) is 3.57. The minimum Gasteiger partial charge on any atom is -0.444 e. The van der Waals surface area contributed by atoms with E-state index in [-0.39, 0.29) is 0 Å². The van der Waals surface area contributed by atoms with Crippen LogP contribution in [0.25, 0.3) is 0 Å². The van der Waals surface area contributed by atoms with Crippen molar-refractivity contribution in [1.82, 2.24) is 9.97 Å². The van der Waals surface area contributed by atoms with E-state index in [4.69, 9.17) is 13.9 Å². The van der Waals surface area contributed by atoms with Gasteiger partial charge in [0.05, 0.1) is 24.6 Å². The maximum Gasteiger partial charge on any atom is 0.413 e. The summed E-state index contributed by atoms with van der Waals surface area (Å²) in [6, 6.07) is 3.89. The number of rotatable bonds is 5. The van der Waals surface area contributed by atoms with E-state index in [0.717, 1.165) is 35.9 Å². The quantitative estimate of drug-likeness (QED) is 0.721. The van der Waals surface area contributed by atoms with E-state index < -0.39 is 11.7 Å². The van der Waals surface area contributed by atoms with E-state index in [1.165, 1.54) is 11.8 Å². The number of carbonyl (C=O) groups excluding carboxylic acids is 1. The van der Waals surface area contributed by atoms with Crippen LogP contribution in [-0.4, -0.2) is 48.0 Å². The minimum atomic E-state index is -0.578. The van der Waals surface area contributed by atoms with Gasteiger partial charge in [-0.25, -0.2) is 14.8 Å². The van der Waals surface area contributed by atoms with Crippen molar-refractivity contribution in [2.24, 2.45) is 0 Å². The van der Waals surface area contributed by atoms with Crippen molar-refractivity contribution >= 4 is 29.4 Å². The van der Waals surface area contributed by atoms with Crippen molar-refractivity contribution in [3.8, 4) is 0 Å². The van der Waals surface area contributed by atoms with E-state index >= 15 is 0 Å². The second-order valence-electron chi connectivity index (χ2n) is 7.84. The average Bonchev–Trinajstić information content (AvgIpc) is 2.97. The molecule has 0 aliphatic carbocycles. The molecule has 2 aromatic heterocycles. The van der Waals surface area contributed by atoms with Crippen LogP contribution in [0.1, 0.15) is 37.9 Å². The lowest BCUT2D eigenvalue weighted by Crippen LogP contribution is -2.36. The lowest BCUT2D eigenvalue weighted by Gasteiger charge is -2.29. The molecule has 3 heterocycles. The highest BCUT2D eigenvalue weighted by Gasteiger charge is 2.19. The van der Waals surface area contributed by atoms with Gasteiger partial charge in [0.25, 0.3) is 5.22 Å². The third kappa shape index (κ3) is 6.37. The third-order valence-electron chi connectivity index (χ3n) is 4.22. The zero-order chi connectivity index (χ0) is 21.0. The highest BCUT2D eigenvalue weighted by Crippen LogP contribution is 2.27. The summed E-state index contributed by atoms with van der Waals surface area (Å²) < 4.78 is 16.4. The Labute approximate surface area is 175 Å². The first-order chi connectivity index (χ1) is 13.7. The number of anilines is 2. The normalized spacial score (nSPS) is 14.7. The lowest BCUT2D eigenvalue weighted by molar-refractivity contribution is 0.0635. The topological polar surface area (TPSA) is 89.7 Å². The molecule has 29 heavy (non-hydrogen) atoms. The fourth-order valence-electron chi connectivity index (χ4n) is 2.76. The van der Waals surface area contributed by atoms with E-state index in [2.05, 4.69) is 20.2 Å². The van der Waals surface area contributed by atoms with Crippen molar-refractivity contribution in [2.45, 2.75) is 51.2 Å². The number of thioether (sulfide) groups is 1. The number of amides is 1. The number of nitrogens with zero attached hydrogens (tertiary/aromatic N) is 3. The first-order valence-corrected chi connectivity index (χ1v) is 10.6. The lowest BCUT2D eigenvalue weighted by atomic mass is 10.2. The Morgan fingerprint density at radius 2 is 1.97 bits per heavy atom. The second-order valence-corrected chi connectivity index (χ2v) is 8.76. The van der Waals surface area contributed by atoms with E-state index in [1.807, 2.05) is 46.8 Å². The van der Waals surface area contributed by atoms with Gasteiger partial charge in [-0.2, -0.15) is 0 Å². The van der Waals surface area contributed by atoms with Crippen LogP contribution < -0.4 is 10.2 Å². The van der Waals surface area contributed by atoms with Gasteiger partial charge in [0.15, 0.2) is 0 Å². The van der Waals surface area contributed by atoms with Crippen LogP contribution in [0.5, 0.6) is 0 Å². The van der Waals surface area contributed by atoms with E-state index in [1.54, 1.807) is 0 Å². The zero-order valence-corrected chi connectivity index (χ0v) is 18.4. The standard InChI is InChI=1S/C20H28N4O4S/c1-13-14(2)27-19(21-13)29-12-15-10-16(24-6-8-26-9-7-24)11-17(22-15)23-18(25)28-20(3,4)5/h10-11H,6-9,12H2,1-5H3,(H,22,23,25). The molecule has 1 aliphatic heterocycles. The number of nitrogens with one attached hydrogen (secondary N) is 1. The predicted molar refractivity (Wildman–Crippen MR) is 113 cm³/mol. The van der Waals surface area contributed by atoms with Crippen molar-refractivity contribution < 1.29 is 18.7 Å². The Morgan fingerprint density at radius 1 is 1.24 bits per heavy atom. The second kappa shape index (κ2) is 9.04. The summed E-state index contributed by atoms with van der Waals surface area (Å²) in [4.78, 5) is 23.4. The van der Waals surface area contributed by atoms with Gasteiger partial charge in [0, 0.05) is 30.6 Å². The van der Waals surface area contributed by atoms with Crippen molar-refractivity contribution in [3.05, 3.63) is 29.3 Å². The maximum atomic E-state index is 12.2. The smallest absolute Gasteiger partial charge is 0.413 e. The Hall–Kier alpha value is -2.26. The van der Waals surface area contributed by atoms with Gasteiger partial charge in [0.1, 0.15) is 17.2 Å². The van der Waals surface area contributed by atoms with Gasteiger partial charge in [-0.3, -0.25) is 5.32 Å². The molecular formula is C20H28N4O4S. The number of pyridine rings is 1. The summed E-state index contributed by atoms with van der Waals surface area (Å²) >= 11 is 1.47. The monoisotopic (exact) mass is 420 g/mol. The number of aromatic nitrogens is 2. The number of ether oxygens (including phenoxy) is 2. The maximum absolute atomic E-state index is 12.2. The van der Waals surface area contributed by atoms with Crippen LogP contribution in [0.4, 0.5) is 16.3 Å². The Bertz CT molecular complexity index is 837. The van der Waals surface area contributed by atoms with Crippen LogP contribution in [0.15, 0.2) is 21.8 Å². The van der Waals surface area contributed by atoms with Crippen LogP contribution in [0.2, 0.25) is 0 Å². The molecule has 8 nitrogen and oxygen atoms in total. The summed E-state index contributed by atoms with van der Waals surface area (Å²) in [5.74, 6) is 1.84. The van der Waals surface area contributed by atoms with Crippen LogP contribution in [0.3, 0.4) is 0 Å². The first-order valence-electron chi connectivity index (χ1n) is 9.60. The molecule has 1 N–H and O–H groups in total. The summed E-state index contributed by atoms with van der Waals surface area (Å²) in [7, 11) is 0. The number of hydrogen-bond donors (Lipinski definition) is 1. The number of hydrogen-bond acceptors (Lipinski definition) is 8. The largest absolute Gasteiger partial charge is 0.444 e. The van der Waals surface area contributed by atoms with Crippen molar-refractivity contribution in [1.29, 1.82) is 0 Å². The minimum absolute atomic E-state index is 0.457. The molecule has 1 amide bonds. The predicted octanol–water partition coefficient (Wildman–Crippen LogP) is 4.16. The molecule has 0 radical (unpaired) electrons. The number of oxazole rings is 1. The third-order valence-corrected chi connectivity index (χ3v) is 5.08. The highest BCUT2D eigenvalue weighted by atomic mass is 32.2. The summed E-state index contributed by atoms with van der Waals surface area (Å²) in [5.41, 5.74) is 2.11. The molecule has 0 bridgehead atoms. The van der Waals surface area contributed by atoms with Gasteiger partial charge >= 0.3 is 6.09 Å². The SMILES string of the molecule is Cc1nc(SCc2cc(N3CCOCC3)cc(NC(=O)OC(C)(C)C)n2)oc1C. The number of morpholine rings is 1.